The lowest BCUT2D eigenvalue weighted by Crippen LogP contribution is -2.99. The number of nitrogens with one attached hydrogen (secondary N) is 2. The SMILES string of the molecule is N#CCN1C(=O)c2cc([NH+]([O-])O)cc3cc([NH+]([O-])O)cc(c23)C1=O. The molecule has 3 rings (SSSR count). The zero-order chi connectivity index (χ0) is 17.6. The molecule has 24 heavy (non-hydrogen) atoms. The molecular formula is C14H10N4O6. The average Bonchev–Trinajstić information content (AvgIpc) is 2.55. The molecule has 2 atom stereocenters. The predicted molar refractivity (Wildman–Crippen MR) is 76.5 cm³/mol. The van der Waals surface area contributed by atoms with Gasteiger partial charge in [0.25, 0.3) is 11.8 Å². The van der Waals surface area contributed by atoms with E-state index in [1.807, 2.05) is 0 Å². The molecule has 0 spiro atoms. The normalized spacial score (nSPS) is 16.2. The summed E-state index contributed by atoms with van der Waals surface area (Å²) in [4.78, 5) is 25.5. The monoisotopic (exact) mass is 330 g/mol. The van der Waals surface area contributed by atoms with Crippen LogP contribution in [0.15, 0.2) is 24.3 Å². The second-order valence-electron chi connectivity index (χ2n) is 5.11. The van der Waals surface area contributed by atoms with Crippen LogP contribution in [0.2, 0.25) is 0 Å². The second kappa shape index (κ2) is 5.62. The highest BCUT2D eigenvalue weighted by Crippen LogP contribution is 2.33. The van der Waals surface area contributed by atoms with Crippen molar-refractivity contribution in [1.29, 1.82) is 5.26 Å². The van der Waals surface area contributed by atoms with Crippen LogP contribution in [0, 0.1) is 21.7 Å². The lowest BCUT2D eigenvalue weighted by Gasteiger charge is -2.26. The summed E-state index contributed by atoms with van der Waals surface area (Å²) in [6.45, 7) is -0.521. The molecule has 0 bridgehead atoms. The van der Waals surface area contributed by atoms with E-state index in [1.165, 1.54) is 12.1 Å². The number of nitrogens with zero attached hydrogens (tertiary/aromatic N) is 2. The first-order valence-corrected chi connectivity index (χ1v) is 6.66. The van der Waals surface area contributed by atoms with Gasteiger partial charge in [-0.15, -0.1) is 0 Å². The Kier molecular flexibility index (Phi) is 3.74. The van der Waals surface area contributed by atoms with Gasteiger partial charge in [0.1, 0.15) is 6.54 Å². The standard InChI is InChI=1S/C14H10N4O6/c15-1-2-16-13(19)10-5-8(17(21)22)3-7-4-9(18(23)24)6-11(12(7)10)14(16)20/h3-6,17-18,21,23H,2H2. The first-order chi connectivity index (χ1) is 11.3. The summed E-state index contributed by atoms with van der Waals surface area (Å²) in [5, 5.41) is 47.4. The molecule has 1 aliphatic rings. The summed E-state index contributed by atoms with van der Waals surface area (Å²) in [6.07, 6.45) is 0. The third-order valence-corrected chi connectivity index (χ3v) is 3.72. The molecule has 0 saturated carbocycles. The van der Waals surface area contributed by atoms with Gasteiger partial charge >= 0.3 is 0 Å². The Balaban J connectivity index is 2.40. The fourth-order valence-electron chi connectivity index (χ4n) is 2.70. The Hall–Kier alpha value is -2.91. The number of quaternary nitrogens is 2. The van der Waals surface area contributed by atoms with Crippen molar-refractivity contribution in [2.75, 3.05) is 6.54 Å². The van der Waals surface area contributed by atoms with Crippen molar-refractivity contribution in [2.45, 2.75) is 0 Å². The van der Waals surface area contributed by atoms with E-state index < -0.39 is 28.8 Å². The largest absolute Gasteiger partial charge is 0.595 e. The fraction of sp³-hybridized carbons (Fsp3) is 0.0714. The van der Waals surface area contributed by atoms with E-state index in [2.05, 4.69) is 0 Å². The summed E-state index contributed by atoms with van der Waals surface area (Å²) < 4.78 is 0. The van der Waals surface area contributed by atoms with Gasteiger partial charge in [0.05, 0.1) is 17.2 Å². The van der Waals surface area contributed by atoms with Gasteiger partial charge in [-0.05, 0) is 5.39 Å². The number of hydrogen-bond donors (Lipinski definition) is 4. The highest BCUT2D eigenvalue weighted by molar-refractivity contribution is 6.26. The van der Waals surface area contributed by atoms with Gasteiger partial charge in [0.2, 0.25) is 0 Å². The van der Waals surface area contributed by atoms with E-state index in [4.69, 9.17) is 5.26 Å². The molecule has 10 heteroatoms. The van der Waals surface area contributed by atoms with Crippen LogP contribution in [0.3, 0.4) is 0 Å². The number of carbonyl (C=O) groups is 2. The smallest absolute Gasteiger partial charge is 0.262 e. The minimum absolute atomic E-state index is 0.0494. The number of imide groups is 1. The van der Waals surface area contributed by atoms with Gasteiger partial charge in [-0.1, -0.05) is 0 Å². The molecule has 0 aromatic heterocycles. The number of hydrogen-bond acceptors (Lipinski definition) is 7. The zero-order valence-corrected chi connectivity index (χ0v) is 11.9. The van der Waals surface area contributed by atoms with Gasteiger partial charge < -0.3 is 10.4 Å². The minimum atomic E-state index is -1.30. The summed E-state index contributed by atoms with van der Waals surface area (Å²) in [7, 11) is 0. The Morgan fingerprint density at radius 2 is 1.46 bits per heavy atom. The predicted octanol–water partition coefficient (Wildman–Crippen LogP) is -1.23. The molecule has 0 fully saturated rings. The van der Waals surface area contributed by atoms with Crippen molar-refractivity contribution in [3.8, 4) is 6.07 Å². The van der Waals surface area contributed by atoms with E-state index in [-0.39, 0.29) is 33.3 Å². The van der Waals surface area contributed by atoms with E-state index in [1.54, 1.807) is 6.07 Å². The molecule has 122 valence electrons. The quantitative estimate of drug-likeness (QED) is 0.311. The van der Waals surface area contributed by atoms with E-state index in [0.717, 1.165) is 12.1 Å². The average molecular weight is 330 g/mol. The molecule has 2 amide bonds. The Morgan fingerprint density at radius 1 is 1.00 bits per heavy atom. The van der Waals surface area contributed by atoms with Crippen molar-refractivity contribution in [3.63, 3.8) is 0 Å². The maximum Gasteiger partial charge on any atom is 0.262 e. The van der Waals surface area contributed by atoms with E-state index in [9.17, 15) is 30.4 Å². The fourth-order valence-corrected chi connectivity index (χ4v) is 2.70. The Bertz CT molecular complexity index is 855. The van der Waals surface area contributed by atoms with Crippen LogP contribution in [0.25, 0.3) is 10.8 Å². The van der Waals surface area contributed by atoms with Crippen molar-refractivity contribution in [2.24, 2.45) is 0 Å². The number of rotatable bonds is 3. The lowest BCUT2D eigenvalue weighted by molar-refractivity contribution is -0.991. The van der Waals surface area contributed by atoms with Gasteiger partial charge in [0, 0.05) is 29.7 Å². The molecular weight excluding hydrogens is 320 g/mol. The number of benzene rings is 2. The molecule has 2 unspecified atom stereocenters. The van der Waals surface area contributed by atoms with Crippen LogP contribution in [-0.2, 0) is 0 Å². The molecule has 0 saturated heterocycles. The Labute approximate surface area is 134 Å². The van der Waals surface area contributed by atoms with Crippen LogP contribution in [0.5, 0.6) is 0 Å². The van der Waals surface area contributed by atoms with Crippen LogP contribution in [0.1, 0.15) is 20.7 Å². The third-order valence-electron chi connectivity index (χ3n) is 3.72. The minimum Gasteiger partial charge on any atom is -0.595 e. The van der Waals surface area contributed by atoms with Crippen LogP contribution < -0.4 is 10.5 Å². The van der Waals surface area contributed by atoms with E-state index in [0.29, 0.717) is 4.90 Å². The Morgan fingerprint density at radius 3 is 1.83 bits per heavy atom. The molecule has 2 aromatic rings. The highest BCUT2D eigenvalue weighted by Gasteiger charge is 2.34. The summed E-state index contributed by atoms with van der Waals surface area (Å²) in [5.41, 5.74) is -0.533. The maximum atomic E-state index is 12.4. The van der Waals surface area contributed by atoms with Gasteiger partial charge in [0.15, 0.2) is 11.4 Å². The first-order valence-electron chi connectivity index (χ1n) is 6.66. The number of amides is 2. The van der Waals surface area contributed by atoms with E-state index >= 15 is 0 Å². The second-order valence-corrected chi connectivity index (χ2v) is 5.11. The van der Waals surface area contributed by atoms with Crippen molar-refractivity contribution < 1.29 is 30.5 Å². The topological polar surface area (TPSA) is 157 Å². The molecule has 0 aliphatic carbocycles. The van der Waals surface area contributed by atoms with Crippen LogP contribution in [-0.4, -0.2) is 33.7 Å². The highest BCUT2D eigenvalue weighted by atomic mass is 16.8. The summed E-state index contributed by atoms with van der Waals surface area (Å²) in [5.74, 6) is -1.57. The summed E-state index contributed by atoms with van der Waals surface area (Å²) >= 11 is 0. The number of carbonyl (C=O) groups excluding carboxylic acids is 2. The first kappa shape index (κ1) is 16.0. The summed E-state index contributed by atoms with van der Waals surface area (Å²) in [6, 6.07) is 6.34. The van der Waals surface area contributed by atoms with Crippen LogP contribution in [0.4, 0.5) is 11.4 Å². The van der Waals surface area contributed by atoms with Gasteiger partial charge in [-0.2, -0.15) is 15.7 Å². The molecule has 0 radical (unpaired) electrons. The maximum absolute atomic E-state index is 12.4. The lowest BCUT2D eigenvalue weighted by atomic mass is 9.92. The molecule has 1 heterocycles. The van der Waals surface area contributed by atoms with Crippen LogP contribution >= 0.6 is 0 Å². The van der Waals surface area contributed by atoms with Gasteiger partial charge in [-0.25, -0.2) is 10.4 Å². The molecule has 2 aromatic carbocycles. The van der Waals surface area contributed by atoms with Crippen molar-refractivity contribution >= 4 is 34.0 Å². The molecule has 4 N–H and O–H groups in total. The third kappa shape index (κ3) is 2.30. The number of nitriles is 1. The van der Waals surface area contributed by atoms with Crippen molar-refractivity contribution in [3.05, 3.63) is 45.8 Å². The zero-order valence-electron chi connectivity index (χ0n) is 11.9. The molecule has 1 aliphatic heterocycles. The van der Waals surface area contributed by atoms with Gasteiger partial charge in [-0.3, -0.25) is 14.5 Å². The molecule has 10 nitrogen and oxygen atoms in total. The van der Waals surface area contributed by atoms with Crippen molar-refractivity contribution in [1.82, 2.24) is 4.90 Å².